The first-order valence-corrected chi connectivity index (χ1v) is 5.98. The minimum absolute atomic E-state index is 0.273. The summed E-state index contributed by atoms with van der Waals surface area (Å²) in [4.78, 5) is 0. The Balaban J connectivity index is 2.07. The van der Waals surface area contributed by atoms with E-state index in [1.54, 1.807) is 12.1 Å². The molecular formula is C12H15ClFNO. The normalized spacial score (nSPS) is 17.2. The van der Waals surface area contributed by atoms with Gasteiger partial charge in [-0.15, -0.1) is 11.6 Å². The SMILES string of the molecule is NC(CCl)c1ccc(F)c(OCC2CC2)c1. The summed E-state index contributed by atoms with van der Waals surface area (Å²) in [5, 5.41) is 0. The molecule has 88 valence electrons. The van der Waals surface area contributed by atoms with Crippen LogP contribution in [0.1, 0.15) is 24.4 Å². The second kappa shape index (κ2) is 5.02. The summed E-state index contributed by atoms with van der Waals surface area (Å²) in [5.74, 6) is 0.856. The fourth-order valence-corrected chi connectivity index (χ4v) is 1.62. The van der Waals surface area contributed by atoms with E-state index in [0.29, 0.717) is 18.4 Å². The molecule has 0 saturated heterocycles. The van der Waals surface area contributed by atoms with Crippen LogP contribution in [0.2, 0.25) is 0 Å². The van der Waals surface area contributed by atoms with Gasteiger partial charge in [-0.2, -0.15) is 0 Å². The number of nitrogens with two attached hydrogens (primary N) is 1. The number of benzene rings is 1. The van der Waals surface area contributed by atoms with Gasteiger partial charge in [0, 0.05) is 11.9 Å². The van der Waals surface area contributed by atoms with Crippen molar-refractivity contribution in [1.29, 1.82) is 0 Å². The lowest BCUT2D eigenvalue weighted by Gasteiger charge is -2.12. The first kappa shape index (κ1) is 11.7. The van der Waals surface area contributed by atoms with E-state index in [1.807, 2.05) is 0 Å². The van der Waals surface area contributed by atoms with Gasteiger partial charge in [0.1, 0.15) is 0 Å². The molecule has 2 rings (SSSR count). The Hall–Kier alpha value is -0.800. The third-order valence-corrected chi connectivity index (χ3v) is 3.05. The Bertz CT molecular complexity index is 368. The summed E-state index contributed by atoms with van der Waals surface area (Å²) in [6, 6.07) is 4.40. The molecule has 1 saturated carbocycles. The predicted molar refractivity (Wildman–Crippen MR) is 62.3 cm³/mol. The van der Waals surface area contributed by atoms with Gasteiger partial charge >= 0.3 is 0 Å². The largest absolute Gasteiger partial charge is 0.490 e. The molecule has 0 radical (unpaired) electrons. The lowest BCUT2D eigenvalue weighted by molar-refractivity contribution is 0.285. The number of rotatable bonds is 5. The van der Waals surface area contributed by atoms with Gasteiger partial charge in [0.15, 0.2) is 11.6 Å². The molecule has 2 N–H and O–H groups in total. The average Bonchev–Trinajstić information content (AvgIpc) is 3.11. The topological polar surface area (TPSA) is 35.2 Å². The number of hydrogen-bond acceptors (Lipinski definition) is 2. The molecule has 0 aliphatic heterocycles. The van der Waals surface area contributed by atoms with Crippen molar-refractivity contribution >= 4 is 11.6 Å². The molecule has 1 aromatic carbocycles. The van der Waals surface area contributed by atoms with Crippen molar-refractivity contribution in [3.63, 3.8) is 0 Å². The minimum atomic E-state index is -0.342. The van der Waals surface area contributed by atoms with Crippen LogP contribution in [0.25, 0.3) is 0 Å². The van der Waals surface area contributed by atoms with Crippen molar-refractivity contribution in [3.8, 4) is 5.75 Å². The van der Waals surface area contributed by atoms with E-state index >= 15 is 0 Å². The maximum atomic E-state index is 13.4. The quantitative estimate of drug-likeness (QED) is 0.808. The molecule has 1 atom stereocenters. The Morgan fingerprint density at radius 2 is 2.25 bits per heavy atom. The van der Waals surface area contributed by atoms with Crippen LogP contribution in [0.15, 0.2) is 18.2 Å². The average molecular weight is 244 g/mol. The summed E-state index contributed by atoms with van der Waals surface area (Å²) in [5.41, 5.74) is 6.58. The zero-order chi connectivity index (χ0) is 11.5. The van der Waals surface area contributed by atoms with Gasteiger partial charge in [-0.1, -0.05) is 6.07 Å². The van der Waals surface area contributed by atoms with Crippen LogP contribution in [0.5, 0.6) is 5.75 Å². The number of halogens is 2. The van der Waals surface area contributed by atoms with E-state index in [1.165, 1.54) is 18.9 Å². The van der Waals surface area contributed by atoms with Gasteiger partial charge in [-0.05, 0) is 36.5 Å². The van der Waals surface area contributed by atoms with Gasteiger partial charge in [0.25, 0.3) is 0 Å². The van der Waals surface area contributed by atoms with Crippen LogP contribution >= 0.6 is 11.6 Å². The van der Waals surface area contributed by atoms with Crippen molar-refractivity contribution in [2.24, 2.45) is 11.7 Å². The van der Waals surface area contributed by atoms with Crippen molar-refractivity contribution in [2.45, 2.75) is 18.9 Å². The van der Waals surface area contributed by atoms with E-state index in [2.05, 4.69) is 0 Å². The van der Waals surface area contributed by atoms with Crippen molar-refractivity contribution < 1.29 is 9.13 Å². The van der Waals surface area contributed by atoms with E-state index in [-0.39, 0.29) is 17.6 Å². The molecule has 1 aliphatic carbocycles. The molecule has 2 nitrogen and oxygen atoms in total. The molecule has 0 spiro atoms. The van der Waals surface area contributed by atoms with Crippen LogP contribution in [0.3, 0.4) is 0 Å². The molecule has 16 heavy (non-hydrogen) atoms. The third-order valence-electron chi connectivity index (χ3n) is 2.72. The monoisotopic (exact) mass is 243 g/mol. The van der Waals surface area contributed by atoms with Gasteiger partial charge in [-0.3, -0.25) is 0 Å². The van der Waals surface area contributed by atoms with Crippen LogP contribution in [-0.2, 0) is 0 Å². The zero-order valence-corrected chi connectivity index (χ0v) is 9.71. The highest BCUT2D eigenvalue weighted by atomic mass is 35.5. The Kier molecular flexibility index (Phi) is 3.66. The Labute approximate surface area is 99.5 Å². The van der Waals surface area contributed by atoms with E-state index in [4.69, 9.17) is 22.1 Å². The standard InChI is InChI=1S/C12H15ClFNO/c13-6-11(15)9-3-4-10(14)12(5-9)16-7-8-1-2-8/h3-5,8,11H,1-2,6-7,15H2. The van der Waals surface area contributed by atoms with Crippen molar-refractivity contribution in [1.82, 2.24) is 0 Å². The van der Waals surface area contributed by atoms with Gasteiger partial charge < -0.3 is 10.5 Å². The Morgan fingerprint density at radius 3 is 2.88 bits per heavy atom. The number of hydrogen-bond donors (Lipinski definition) is 1. The molecule has 1 aliphatic rings. The minimum Gasteiger partial charge on any atom is -0.490 e. The van der Waals surface area contributed by atoms with Gasteiger partial charge in [-0.25, -0.2) is 4.39 Å². The number of ether oxygens (including phenoxy) is 1. The highest BCUT2D eigenvalue weighted by Crippen LogP contribution is 2.30. The maximum absolute atomic E-state index is 13.4. The lowest BCUT2D eigenvalue weighted by Crippen LogP contribution is -2.12. The predicted octanol–water partition coefficient (Wildman–Crippen LogP) is 2.85. The van der Waals surface area contributed by atoms with Crippen LogP contribution in [-0.4, -0.2) is 12.5 Å². The lowest BCUT2D eigenvalue weighted by atomic mass is 10.1. The highest BCUT2D eigenvalue weighted by molar-refractivity contribution is 6.18. The fourth-order valence-electron chi connectivity index (χ4n) is 1.44. The summed E-state index contributed by atoms with van der Waals surface area (Å²) in [6.45, 7) is 0.594. The molecule has 0 amide bonds. The summed E-state index contributed by atoms with van der Waals surface area (Å²) < 4.78 is 18.8. The van der Waals surface area contributed by atoms with Gasteiger partial charge in [0.05, 0.1) is 6.61 Å². The van der Waals surface area contributed by atoms with E-state index < -0.39 is 0 Å². The van der Waals surface area contributed by atoms with Gasteiger partial charge in [0.2, 0.25) is 0 Å². The zero-order valence-electron chi connectivity index (χ0n) is 8.96. The van der Waals surface area contributed by atoms with Crippen molar-refractivity contribution in [3.05, 3.63) is 29.6 Å². The highest BCUT2D eigenvalue weighted by Gasteiger charge is 2.22. The molecule has 0 bridgehead atoms. The third kappa shape index (κ3) is 2.86. The first-order valence-electron chi connectivity index (χ1n) is 5.44. The van der Waals surface area contributed by atoms with Crippen molar-refractivity contribution in [2.75, 3.05) is 12.5 Å². The second-order valence-electron chi connectivity index (χ2n) is 4.21. The molecule has 1 unspecified atom stereocenters. The maximum Gasteiger partial charge on any atom is 0.165 e. The van der Waals surface area contributed by atoms with E-state index in [9.17, 15) is 4.39 Å². The summed E-state index contributed by atoms with van der Waals surface area (Å²) in [7, 11) is 0. The Morgan fingerprint density at radius 1 is 1.50 bits per heavy atom. The fraction of sp³-hybridized carbons (Fsp3) is 0.500. The smallest absolute Gasteiger partial charge is 0.165 e. The molecule has 0 aromatic heterocycles. The molecule has 1 fully saturated rings. The van der Waals surface area contributed by atoms with Crippen LogP contribution in [0.4, 0.5) is 4.39 Å². The second-order valence-corrected chi connectivity index (χ2v) is 4.51. The summed E-state index contributed by atoms with van der Waals surface area (Å²) in [6.07, 6.45) is 2.37. The first-order chi connectivity index (χ1) is 7.70. The summed E-state index contributed by atoms with van der Waals surface area (Å²) >= 11 is 5.66. The molecule has 0 heterocycles. The van der Waals surface area contributed by atoms with Crippen LogP contribution < -0.4 is 10.5 Å². The molecule has 4 heteroatoms. The molecular weight excluding hydrogens is 229 g/mol. The van der Waals surface area contributed by atoms with Crippen LogP contribution in [0, 0.1) is 11.7 Å². The number of alkyl halides is 1. The van der Waals surface area contributed by atoms with E-state index in [0.717, 1.165) is 5.56 Å². The molecule has 1 aromatic rings.